The van der Waals surface area contributed by atoms with E-state index in [9.17, 15) is 35.9 Å². The molecule has 26 heavy (non-hydrogen) atoms. The average molecular weight is 379 g/mol. The fourth-order valence-electron chi connectivity index (χ4n) is 2.02. The first-order valence-corrected chi connectivity index (χ1v) is 6.98. The molecule has 1 N–H and O–H groups in total. The van der Waals surface area contributed by atoms with Crippen LogP contribution in [0.4, 0.5) is 32.0 Å². The molecule has 0 fully saturated rings. The summed E-state index contributed by atoms with van der Waals surface area (Å²) < 4.78 is 77.5. The molecule has 0 bridgehead atoms. The van der Waals surface area contributed by atoms with Gasteiger partial charge in [-0.1, -0.05) is 0 Å². The van der Waals surface area contributed by atoms with Crippen LogP contribution in [0.15, 0.2) is 35.4 Å². The third kappa shape index (κ3) is 4.83. The smallest absolute Gasteiger partial charge is 0.325 e. The van der Waals surface area contributed by atoms with E-state index in [1.807, 2.05) is 5.32 Å². The Kier molecular flexibility index (Phi) is 5.10. The minimum atomic E-state index is -5.03. The van der Waals surface area contributed by atoms with Crippen LogP contribution in [0, 0.1) is 6.92 Å². The van der Waals surface area contributed by atoms with Gasteiger partial charge in [-0.05, 0) is 25.1 Å². The van der Waals surface area contributed by atoms with Gasteiger partial charge in [-0.15, -0.1) is 0 Å². The van der Waals surface area contributed by atoms with Gasteiger partial charge in [0.2, 0.25) is 5.91 Å². The lowest BCUT2D eigenvalue weighted by Gasteiger charge is -2.15. The van der Waals surface area contributed by atoms with Gasteiger partial charge in [-0.2, -0.15) is 26.3 Å². The van der Waals surface area contributed by atoms with E-state index in [0.717, 1.165) is 17.0 Å². The van der Waals surface area contributed by atoms with Gasteiger partial charge in [0.1, 0.15) is 6.54 Å². The summed E-state index contributed by atoms with van der Waals surface area (Å²) >= 11 is 0. The average Bonchev–Trinajstić information content (AvgIpc) is 2.48. The predicted molar refractivity (Wildman–Crippen MR) is 78.3 cm³/mol. The number of hydrogen-bond donors (Lipinski definition) is 1. The minimum absolute atomic E-state index is 0.0515. The van der Waals surface area contributed by atoms with E-state index in [1.165, 1.54) is 6.92 Å². The predicted octanol–water partition coefficient (Wildman–Crippen LogP) is 3.23. The number of amides is 1. The van der Waals surface area contributed by atoms with Crippen LogP contribution in [0.2, 0.25) is 0 Å². The van der Waals surface area contributed by atoms with Gasteiger partial charge in [0.15, 0.2) is 0 Å². The van der Waals surface area contributed by atoms with Crippen molar-refractivity contribution in [2.45, 2.75) is 25.8 Å². The fraction of sp³-hybridized carbons (Fsp3) is 0.267. The van der Waals surface area contributed by atoms with Crippen LogP contribution >= 0.6 is 0 Å². The van der Waals surface area contributed by atoms with Crippen molar-refractivity contribution in [1.82, 2.24) is 9.55 Å². The van der Waals surface area contributed by atoms with E-state index in [0.29, 0.717) is 17.8 Å². The summed E-state index contributed by atoms with van der Waals surface area (Å²) in [6.07, 6.45) is -9.01. The summed E-state index contributed by atoms with van der Waals surface area (Å²) in [5.41, 5.74) is -4.01. The van der Waals surface area contributed by atoms with Crippen molar-refractivity contribution in [3.63, 3.8) is 0 Å². The quantitative estimate of drug-likeness (QED) is 0.833. The Morgan fingerprint density at radius 1 is 1.04 bits per heavy atom. The van der Waals surface area contributed by atoms with E-state index in [4.69, 9.17) is 0 Å². The van der Waals surface area contributed by atoms with Gasteiger partial charge in [-0.25, -0.2) is 4.98 Å². The number of carbonyl (C=O) groups excluding carboxylic acids is 1. The van der Waals surface area contributed by atoms with Gasteiger partial charge in [0.05, 0.1) is 17.5 Å². The first kappa shape index (κ1) is 19.5. The maximum atomic E-state index is 12.8. The molecular weight excluding hydrogens is 368 g/mol. The van der Waals surface area contributed by atoms with Crippen molar-refractivity contribution in [1.29, 1.82) is 0 Å². The zero-order valence-electron chi connectivity index (χ0n) is 13.1. The van der Waals surface area contributed by atoms with Crippen LogP contribution < -0.4 is 10.9 Å². The molecule has 1 aromatic heterocycles. The Bertz CT molecular complexity index is 854. The molecule has 0 aliphatic rings. The van der Waals surface area contributed by atoms with Gasteiger partial charge in [-0.3, -0.25) is 14.2 Å². The van der Waals surface area contributed by atoms with Gasteiger partial charge in [0, 0.05) is 17.4 Å². The second-order valence-electron chi connectivity index (χ2n) is 5.34. The molecule has 11 heteroatoms. The van der Waals surface area contributed by atoms with Crippen molar-refractivity contribution in [3.05, 3.63) is 57.8 Å². The van der Waals surface area contributed by atoms with E-state index in [1.54, 1.807) is 0 Å². The summed E-state index contributed by atoms with van der Waals surface area (Å²) in [7, 11) is 0. The molecule has 0 saturated carbocycles. The summed E-state index contributed by atoms with van der Waals surface area (Å²) in [4.78, 5) is 27.3. The lowest BCUT2D eigenvalue weighted by Crippen LogP contribution is -2.27. The van der Waals surface area contributed by atoms with Crippen LogP contribution in [0.1, 0.15) is 16.8 Å². The number of halogens is 6. The highest BCUT2D eigenvalue weighted by Gasteiger charge is 2.37. The highest BCUT2D eigenvalue weighted by atomic mass is 19.4. The first-order valence-electron chi connectivity index (χ1n) is 6.98. The number of hydrogen-bond acceptors (Lipinski definition) is 3. The van der Waals surface area contributed by atoms with Crippen molar-refractivity contribution in [2.24, 2.45) is 0 Å². The highest BCUT2D eigenvalue weighted by Crippen LogP contribution is 2.37. The Morgan fingerprint density at radius 2 is 1.58 bits per heavy atom. The van der Waals surface area contributed by atoms with Crippen LogP contribution in [-0.2, 0) is 23.7 Å². The van der Waals surface area contributed by atoms with Crippen LogP contribution in [0.25, 0.3) is 0 Å². The van der Waals surface area contributed by atoms with Gasteiger partial charge < -0.3 is 5.32 Å². The number of nitrogens with one attached hydrogen (secondary N) is 1. The number of aromatic nitrogens is 2. The molecule has 0 saturated heterocycles. The number of anilines is 1. The molecule has 0 aliphatic carbocycles. The molecule has 2 rings (SSSR count). The molecule has 5 nitrogen and oxygen atoms in total. The van der Waals surface area contributed by atoms with Crippen molar-refractivity contribution >= 4 is 11.6 Å². The molecule has 140 valence electrons. The molecule has 2 aromatic rings. The molecule has 0 spiro atoms. The van der Waals surface area contributed by atoms with E-state index in [2.05, 4.69) is 4.98 Å². The first-order chi connectivity index (χ1) is 11.9. The number of aryl methyl sites for hydroxylation is 1. The third-order valence-electron chi connectivity index (χ3n) is 3.20. The lowest BCUT2D eigenvalue weighted by molar-refractivity contribution is -0.143. The van der Waals surface area contributed by atoms with Crippen LogP contribution in [0.3, 0.4) is 0 Å². The molecule has 1 heterocycles. The Morgan fingerprint density at radius 3 is 2.04 bits per heavy atom. The normalized spacial score (nSPS) is 12.1. The monoisotopic (exact) mass is 379 g/mol. The molecule has 0 aliphatic heterocycles. The number of nitrogens with zero attached hydrogens (tertiary/aromatic N) is 2. The molecule has 1 aromatic carbocycles. The van der Waals surface area contributed by atoms with E-state index in [-0.39, 0.29) is 6.07 Å². The number of alkyl halides is 6. The molecule has 0 unspecified atom stereocenters. The number of carbonyl (C=O) groups is 1. The standard InChI is InChI=1S/C15H11F6N3O2/c1-8-2-13(26)24(7-22-8)6-12(25)23-11-4-9(14(16,17)18)3-10(5-11)15(19,20)21/h2-5,7H,6H2,1H3,(H,23,25). The van der Waals surface area contributed by atoms with Crippen LogP contribution in [0.5, 0.6) is 0 Å². The van der Waals surface area contributed by atoms with Gasteiger partial charge in [0.25, 0.3) is 5.56 Å². The summed E-state index contributed by atoms with van der Waals surface area (Å²) in [5.74, 6) is -0.981. The third-order valence-corrected chi connectivity index (χ3v) is 3.20. The number of benzene rings is 1. The minimum Gasteiger partial charge on any atom is -0.325 e. The zero-order valence-corrected chi connectivity index (χ0v) is 13.1. The highest BCUT2D eigenvalue weighted by molar-refractivity contribution is 5.90. The molecular formula is C15H11F6N3O2. The van der Waals surface area contributed by atoms with Crippen molar-refractivity contribution in [2.75, 3.05) is 5.32 Å². The van der Waals surface area contributed by atoms with Crippen molar-refractivity contribution < 1.29 is 31.1 Å². The Balaban J connectivity index is 2.30. The summed E-state index contributed by atoms with van der Waals surface area (Å²) in [6, 6.07) is 1.83. The fourth-order valence-corrected chi connectivity index (χ4v) is 2.02. The number of rotatable bonds is 3. The maximum absolute atomic E-state index is 12.8. The Labute approximate surface area is 142 Å². The summed E-state index contributed by atoms with van der Waals surface area (Å²) in [6.45, 7) is 0.914. The van der Waals surface area contributed by atoms with Crippen LogP contribution in [-0.4, -0.2) is 15.5 Å². The maximum Gasteiger partial charge on any atom is 0.416 e. The van der Waals surface area contributed by atoms with E-state index < -0.39 is 47.2 Å². The Hall–Kier alpha value is -2.85. The summed E-state index contributed by atoms with van der Waals surface area (Å²) in [5, 5.41) is 1.93. The largest absolute Gasteiger partial charge is 0.416 e. The topological polar surface area (TPSA) is 64.0 Å². The van der Waals surface area contributed by atoms with Crippen molar-refractivity contribution in [3.8, 4) is 0 Å². The van der Waals surface area contributed by atoms with Gasteiger partial charge >= 0.3 is 12.4 Å². The van der Waals surface area contributed by atoms with E-state index >= 15 is 0 Å². The zero-order chi connectivity index (χ0) is 19.7. The second kappa shape index (κ2) is 6.81. The molecule has 0 atom stereocenters. The molecule has 1 amide bonds. The SMILES string of the molecule is Cc1cc(=O)n(CC(=O)Nc2cc(C(F)(F)F)cc(C(F)(F)F)c2)cn1. The second-order valence-corrected chi connectivity index (χ2v) is 5.34. The molecule has 0 radical (unpaired) electrons. The lowest BCUT2D eigenvalue weighted by atomic mass is 10.1.